The number of carbonyl (C=O) groups is 1. The fraction of sp³-hybridized carbons (Fsp3) is 0.562. The maximum atomic E-state index is 13.0. The number of rotatable bonds is 8. The smallest absolute Gasteiger partial charge is 0.222 e. The van der Waals surface area contributed by atoms with Crippen molar-refractivity contribution in [2.75, 3.05) is 6.54 Å². The number of amides is 1. The van der Waals surface area contributed by atoms with E-state index in [1.165, 1.54) is 12.1 Å². The van der Waals surface area contributed by atoms with Crippen LogP contribution in [-0.4, -0.2) is 23.7 Å². The lowest BCUT2D eigenvalue weighted by molar-refractivity contribution is -0.124. The molecule has 0 radical (unpaired) electrons. The Morgan fingerprint density at radius 1 is 1.40 bits per heavy atom. The third-order valence-electron chi connectivity index (χ3n) is 3.45. The lowest BCUT2D eigenvalue weighted by atomic mass is 10.0. The highest BCUT2D eigenvalue weighted by Crippen LogP contribution is 2.11. The minimum Gasteiger partial charge on any atom is -0.393 e. The van der Waals surface area contributed by atoms with Crippen LogP contribution in [0.3, 0.4) is 0 Å². The number of hydrogen-bond acceptors (Lipinski definition) is 2. The number of nitrogens with one attached hydrogen (secondary N) is 1. The molecule has 0 fully saturated rings. The maximum Gasteiger partial charge on any atom is 0.222 e. The van der Waals surface area contributed by atoms with Crippen molar-refractivity contribution >= 4 is 5.91 Å². The van der Waals surface area contributed by atoms with Crippen molar-refractivity contribution in [3.05, 3.63) is 35.6 Å². The average Bonchev–Trinajstić information content (AvgIpc) is 2.44. The molecule has 0 spiro atoms. The first-order valence-corrected chi connectivity index (χ1v) is 7.23. The Morgan fingerprint density at radius 2 is 2.15 bits per heavy atom. The monoisotopic (exact) mass is 281 g/mol. The number of aliphatic hydroxyl groups excluding tert-OH is 1. The Kier molecular flexibility index (Phi) is 7.23. The second kappa shape index (κ2) is 8.69. The van der Waals surface area contributed by atoms with Crippen molar-refractivity contribution in [1.29, 1.82) is 0 Å². The van der Waals surface area contributed by atoms with Gasteiger partial charge in [-0.3, -0.25) is 4.79 Å². The van der Waals surface area contributed by atoms with Gasteiger partial charge in [0, 0.05) is 12.5 Å². The van der Waals surface area contributed by atoms with Crippen LogP contribution in [0.4, 0.5) is 4.39 Å². The summed E-state index contributed by atoms with van der Waals surface area (Å²) in [5.74, 6) is -0.366. The van der Waals surface area contributed by atoms with Gasteiger partial charge in [0.1, 0.15) is 5.82 Å². The molecule has 20 heavy (non-hydrogen) atoms. The molecular weight excluding hydrogens is 257 g/mol. The number of halogens is 1. The normalized spacial score (nSPS) is 13.8. The Balaban J connectivity index is 2.28. The van der Waals surface area contributed by atoms with Gasteiger partial charge in [-0.05, 0) is 43.4 Å². The summed E-state index contributed by atoms with van der Waals surface area (Å²) >= 11 is 0. The van der Waals surface area contributed by atoms with Crippen LogP contribution in [-0.2, 0) is 11.2 Å². The minimum absolute atomic E-state index is 0.00953. The van der Waals surface area contributed by atoms with E-state index in [-0.39, 0.29) is 23.7 Å². The SMILES string of the molecule is CCC(O)CCNC(=O)C(C)CCc1cccc(F)c1. The molecule has 0 aliphatic rings. The van der Waals surface area contributed by atoms with Crippen molar-refractivity contribution in [2.24, 2.45) is 5.92 Å². The molecule has 4 heteroatoms. The topological polar surface area (TPSA) is 49.3 Å². The maximum absolute atomic E-state index is 13.0. The Labute approximate surface area is 120 Å². The predicted octanol–water partition coefficient (Wildman–Crippen LogP) is 2.67. The first-order valence-electron chi connectivity index (χ1n) is 7.23. The fourth-order valence-electron chi connectivity index (χ4n) is 1.95. The predicted molar refractivity (Wildman–Crippen MR) is 77.8 cm³/mol. The highest BCUT2D eigenvalue weighted by atomic mass is 19.1. The summed E-state index contributed by atoms with van der Waals surface area (Å²) in [4.78, 5) is 11.8. The van der Waals surface area contributed by atoms with Crippen LogP contribution in [0.2, 0.25) is 0 Å². The molecule has 0 saturated carbocycles. The van der Waals surface area contributed by atoms with E-state index in [0.29, 0.717) is 32.2 Å². The molecule has 2 atom stereocenters. The first-order chi connectivity index (χ1) is 9.52. The van der Waals surface area contributed by atoms with Gasteiger partial charge in [0.15, 0.2) is 0 Å². The van der Waals surface area contributed by atoms with Crippen molar-refractivity contribution in [2.45, 2.75) is 45.6 Å². The molecule has 1 aromatic rings. The van der Waals surface area contributed by atoms with Crippen LogP contribution in [0.25, 0.3) is 0 Å². The third-order valence-corrected chi connectivity index (χ3v) is 3.45. The zero-order valence-corrected chi connectivity index (χ0v) is 12.2. The van der Waals surface area contributed by atoms with E-state index in [1.807, 2.05) is 19.9 Å². The fourth-order valence-corrected chi connectivity index (χ4v) is 1.95. The van der Waals surface area contributed by atoms with Gasteiger partial charge in [-0.1, -0.05) is 26.0 Å². The van der Waals surface area contributed by atoms with E-state index in [4.69, 9.17) is 0 Å². The lowest BCUT2D eigenvalue weighted by Gasteiger charge is -2.13. The quantitative estimate of drug-likeness (QED) is 0.769. The Hall–Kier alpha value is -1.42. The van der Waals surface area contributed by atoms with Gasteiger partial charge in [-0.25, -0.2) is 4.39 Å². The standard InChI is InChI=1S/C16H24FNO2/c1-3-15(19)9-10-18-16(20)12(2)7-8-13-5-4-6-14(17)11-13/h4-6,11-12,15,19H,3,7-10H2,1-2H3,(H,18,20). The van der Waals surface area contributed by atoms with Crippen LogP contribution in [0.1, 0.15) is 38.7 Å². The zero-order chi connectivity index (χ0) is 15.0. The number of aryl methyl sites for hydroxylation is 1. The summed E-state index contributed by atoms with van der Waals surface area (Å²) in [6.07, 6.45) is 2.30. The molecule has 0 saturated heterocycles. The summed E-state index contributed by atoms with van der Waals surface area (Å²) in [7, 11) is 0. The van der Waals surface area contributed by atoms with Crippen molar-refractivity contribution < 1.29 is 14.3 Å². The average molecular weight is 281 g/mol. The van der Waals surface area contributed by atoms with Crippen LogP contribution >= 0.6 is 0 Å². The van der Waals surface area contributed by atoms with Gasteiger partial charge >= 0.3 is 0 Å². The minimum atomic E-state index is -0.349. The van der Waals surface area contributed by atoms with Gasteiger partial charge in [-0.2, -0.15) is 0 Å². The summed E-state index contributed by atoms with van der Waals surface area (Å²) in [6.45, 7) is 4.27. The second-order valence-corrected chi connectivity index (χ2v) is 5.21. The molecule has 0 aromatic heterocycles. The molecule has 0 heterocycles. The highest BCUT2D eigenvalue weighted by Gasteiger charge is 2.13. The molecule has 3 nitrogen and oxygen atoms in total. The van der Waals surface area contributed by atoms with E-state index in [2.05, 4.69) is 5.32 Å². The van der Waals surface area contributed by atoms with Crippen molar-refractivity contribution in [3.8, 4) is 0 Å². The van der Waals surface area contributed by atoms with Crippen LogP contribution in [0, 0.1) is 11.7 Å². The molecule has 2 N–H and O–H groups in total. The summed E-state index contributed by atoms with van der Waals surface area (Å²) in [6, 6.07) is 6.47. The molecule has 1 rings (SSSR count). The second-order valence-electron chi connectivity index (χ2n) is 5.21. The van der Waals surface area contributed by atoms with Gasteiger partial charge in [-0.15, -0.1) is 0 Å². The van der Waals surface area contributed by atoms with Gasteiger partial charge < -0.3 is 10.4 Å². The number of carbonyl (C=O) groups excluding carboxylic acids is 1. The van der Waals surface area contributed by atoms with Crippen LogP contribution in [0.15, 0.2) is 24.3 Å². The Bertz CT molecular complexity index is 423. The molecule has 2 unspecified atom stereocenters. The highest BCUT2D eigenvalue weighted by molar-refractivity contribution is 5.78. The molecule has 0 bridgehead atoms. The van der Waals surface area contributed by atoms with Crippen LogP contribution in [0.5, 0.6) is 0 Å². The van der Waals surface area contributed by atoms with Gasteiger partial charge in [0.05, 0.1) is 6.10 Å². The number of benzene rings is 1. The van der Waals surface area contributed by atoms with E-state index >= 15 is 0 Å². The third kappa shape index (κ3) is 6.15. The molecular formula is C16H24FNO2. The summed E-state index contributed by atoms with van der Waals surface area (Å²) in [5.41, 5.74) is 0.908. The van der Waals surface area contributed by atoms with Crippen LogP contribution < -0.4 is 5.32 Å². The first kappa shape index (κ1) is 16.6. The Morgan fingerprint density at radius 3 is 2.80 bits per heavy atom. The molecule has 0 aliphatic heterocycles. The number of aliphatic hydroxyl groups is 1. The van der Waals surface area contributed by atoms with E-state index < -0.39 is 0 Å². The zero-order valence-electron chi connectivity index (χ0n) is 12.2. The summed E-state index contributed by atoms with van der Waals surface area (Å²) < 4.78 is 13.0. The number of hydrogen-bond donors (Lipinski definition) is 2. The molecule has 1 aromatic carbocycles. The molecule has 112 valence electrons. The van der Waals surface area contributed by atoms with E-state index in [9.17, 15) is 14.3 Å². The van der Waals surface area contributed by atoms with Crippen molar-refractivity contribution in [3.63, 3.8) is 0 Å². The van der Waals surface area contributed by atoms with E-state index in [0.717, 1.165) is 5.56 Å². The van der Waals surface area contributed by atoms with E-state index in [1.54, 1.807) is 6.07 Å². The lowest BCUT2D eigenvalue weighted by Crippen LogP contribution is -2.31. The summed E-state index contributed by atoms with van der Waals surface area (Å²) in [5, 5.41) is 12.2. The van der Waals surface area contributed by atoms with Crippen molar-refractivity contribution in [1.82, 2.24) is 5.32 Å². The van der Waals surface area contributed by atoms with Gasteiger partial charge in [0.25, 0.3) is 0 Å². The molecule has 1 amide bonds. The largest absolute Gasteiger partial charge is 0.393 e. The van der Waals surface area contributed by atoms with Gasteiger partial charge in [0.2, 0.25) is 5.91 Å². The molecule has 0 aliphatic carbocycles.